The van der Waals surface area contributed by atoms with Crippen molar-refractivity contribution < 1.29 is 0 Å². The molecule has 0 aliphatic heterocycles. The van der Waals surface area contributed by atoms with Crippen LogP contribution in [0.1, 0.15) is 60.3 Å². The van der Waals surface area contributed by atoms with Crippen molar-refractivity contribution in [2.75, 3.05) is 0 Å². The minimum absolute atomic E-state index is 0.750. The van der Waals surface area contributed by atoms with Crippen LogP contribution in [0.3, 0.4) is 0 Å². The maximum absolute atomic E-state index is 5.86. The Kier molecular flexibility index (Phi) is 31.7. The molecule has 1 atom stereocenters. The highest BCUT2D eigenvalue weighted by Gasteiger charge is 1.94. The van der Waals surface area contributed by atoms with Crippen molar-refractivity contribution in [3.05, 3.63) is 0 Å². The highest BCUT2D eigenvalue weighted by molar-refractivity contribution is 5.46. The van der Waals surface area contributed by atoms with Gasteiger partial charge in [0.15, 0.2) is 0 Å². The highest BCUT2D eigenvalue weighted by Crippen LogP contribution is 2.09. The van der Waals surface area contributed by atoms with E-state index in [9.17, 15) is 0 Å². The topological polar surface area (TPSA) is 49.9 Å². The molecule has 0 spiro atoms. The fraction of sp³-hybridized carbons (Fsp3) is 0.909. The Morgan fingerprint density at radius 2 is 1.69 bits per heavy atom. The molecular weight excluding hydrogens is 160 g/mol. The summed E-state index contributed by atoms with van der Waals surface area (Å²) < 4.78 is 0. The van der Waals surface area contributed by atoms with E-state index in [0.29, 0.717) is 0 Å². The van der Waals surface area contributed by atoms with E-state index in [0.717, 1.165) is 12.3 Å². The predicted octanol–water partition coefficient (Wildman–Crippen LogP) is 3.80. The summed E-state index contributed by atoms with van der Waals surface area (Å²) in [5.74, 6) is 0.954. The monoisotopic (exact) mass is 188 g/mol. The summed E-state index contributed by atoms with van der Waals surface area (Å²) in [5.41, 5.74) is 4.39. The summed E-state index contributed by atoms with van der Waals surface area (Å²) >= 11 is 0. The summed E-state index contributed by atoms with van der Waals surface area (Å²) in [6, 6.07) is 0. The molecule has 2 nitrogen and oxygen atoms in total. The fourth-order valence-corrected chi connectivity index (χ4v) is 0.757. The van der Waals surface area contributed by atoms with E-state index in [4.69, 9.17) is 5.41 Å². The fourth-order valence-electron chi connectivity index (χ4n) is 0.757. The van der Waals surface area contributed by atoms with Gasteiger partial charge in [0.1, 0.15) is 0 Å². The van der Waals surface area contributed by atoms with Gasteiger partial charge in [0.25, 0.3) is 0 Å². The summed E-state index contributed by atoms with van der Waals surface area (Å²) in [6.07, 6.45) is 6.28. The van der Waals surface area contributed by atoms with Gasteiger partial charge < -0.3 is 5.73 Å². The van der Waals surface area contributed by atoms with Crippen LogP contribution in [0.15, 0.2) is 0 Å². The number of hydrogen-bond donors (Lipinski definition) is 2. The zero-order valence-corrected chi connectivity index (χ0v) is 10.1. The second-order valence-electron chi connectivity index (χ2n) is 2.82. The molecule has 0 saturated carbocycles. The van der Waals surface area contributed by atoms with Crippen molar-refractivity contribution >= 4 is 6.34 Å². The Labute approximate surface area is 84.4 Å². The van der Waals surface area contributed by atoms with Crippen molar-refractivity contribution in [3.63, 3.8) is 0 Å². The number of nitrogens with two attached hydrogens (primary N) is 1. The lowest BCUT2D eigenvalue weighted by Crippen LogP contribution is -1.89. The molecule has 0 aliphatic carbocycles. The molecule has 82 valence electrons. The number of unbranched alkanes of at least 4 members (excludes halogenated alkanes) is 1. The Hall–Kier alpha value is -0.530. The average molecular weight is 188 g/mol. The van der Waals surface area contributed by atoms with Gasteiger partial charge in [0.05, 0.1) is 6.34 Å². The van der Waals surface area contributed by atoms with Gasteiger partial charge in [0, 0.05) is 0 Å². The third-order valence-electron chi connectivity index (χ3n) is 1.75. The van der Waals surface area contributed by atoms with Crippen molar-refractivity contribution in [1.82, 2.24) is 0 Å². The molecule has 0 fully saturated rings. The van der Waals surface area contributed by atoms with Crippen LogP contribution in [0.25, 0.3) is 0 Å². The third-order valence-corrected chi connectivity index (χ3v) is 1.75. The average Bonchev–Trinajstić information content (AvgIpc) is 2.18. The Bertz CT molecular complexity index is 72.5. The second-order valence-corrected chi connectivity index (χ2v) is 2.82. The summed E-state index contributed by atoms with van der Waals surface area (Å²) in [4.78, 5) is 0. The van der Waals surface area contributed by atoms with Crippen molar-refractivity contribution in [3.8, 4) is 0 Å². The first-order chi connectivity index (χ1) is 6.22. The standard InChI is InChI=1S/C8H18.C2H6.CH4N2/c1-4-6-7-8(3)5-2;1-2;2-1-3/h8H,4-7H2,1-3H3;1-2H3;1H,(H3,2,3). The first kappa shape index (κ1) is 18.3. The molecule has 0 radical (unpaired) electrons. The van der Waals surface area contributed by atoms with Crippen LogP contribution in [-0.2, 0) is 0 Å². The summed E-state index contributed by atoms with van der Waals surface area (Å²) in [5, 5.41) is 5.86. The summed E-state index contributed by atoms with van der Waals surface area (Å²) in [7, 11) is 0. The van der Waals surface area contributed by atoms with Crippen LogP contribution in [0.2, 0.25) is 0 Å². The van der Waals surface area contributed by atoms with E-state index in [-0.39, 0.29) is 0 Å². The van der Waals surface area contributed by atoms with Gasteiger partial charge >= 0.3 is 0 Å². The minimum atomic E-state index is 0.750. The van der Waals surface area contributed by atoms with Crippen LogP contribution in [0.5, 0.6) is 0 Å². The Morgan fingerprint density at radius 3 is 1.92 bits per heavy atom. The number of rotatable bonds is 4. The van der Waals surface area contributed by atoms with Crippen LogP contribution in [0.4, 0.5) is 0 Å². The van der Waals surface area contributed by atoms with Gasteiger partial charge in [-0.1, -0.05) is 60.3 Å². The van der Waals surface area contributed by atoms with Crippen LogP contribution < -0.4 is 5.73 Å². The zero-order chi connectivity index (χ0) is 11.1. The molecule has 0 saturated heterocycles. The van der Waals surface area contributed by atoms with Gasteiger partial charge in [-0.05, 0) is 5.92 Å². The molecule has 0 aromatic carbocycles. The Morgan fingerprint density at radius 1 is 1.31 bits per heavy atom. The third kappa shape index (κ3) is 34.4. The molecule has 3 N–H and O–H groups in total. The Balaban J connectivity index is -0.000000169. The molecule has 0 amide bonds. The molecule has 1 unspecified atom stereocenters. The van der Waals surface area contributed by atoms with Crippen LogP contribution in [-0.4, -0.2) is 6.34 Å². The van der Waals surface area contributed by atoms with Gasteiger partial charge in [-0.3, -0.25) is 5.41 Å². The molecule has 0 aliphatic rings. The largest absolute Gasteiger partial charge is 0.390 e. The molecule has 0 aromatic rings. The van der Waals surface area contributed by atoms with Gasteiger partial charge in [-0.15, -0.1) is 0 Å². The zero-order valence-electron chi connectivity index (χ0n) is 10.1. The molecule has 0 rings (SSSR count). The molecule has 0 aromatic heterocycles. The van der Waals surface area contributed by atoms with Gasteiger partial charge in [-0.25, -0.2) is 0 Å². The van der Waals surface area contributed by atoms with E-state index in [1.165, 1.54) is 25.7 Å². The van der Waals surface area contributed by atoms with Crippen molar-refractivity contribution in [1.29, 1.82) is 5.41 Å². The number of hydrogen-bond acceptors (Lipinski definition) is 1. The molecule has 0 heterocycles. The van der Waals surface area contributed by atoms with E-state index in [1.807, 2.05) is 13.8 Å². The van der Waals surface area contributed by atoms with Gasteiger partial charge in [0.2, 0.25) is 0 Å². The van der Waals surface area contributed by atoms with E-state index in [2.05, 4.69) is 26.5 Å². The molecule has 2 heteroatoms. The smallest absolute Gasteiger partial charge is 0.0765 e. The number of nitrogens with one attached hydrogen (secondary N) is 1. The van der Waals surface area contributed by atoms with Crippen LogP contribution >= 0.6 is 0 Å². The lowest BCUT2D eigenvalue weighted by atomic mass is 10.0. The first-order valence-electron chi connectivity index (χ1n) is 5.43. The highest BCUT2D eigenvalue weighted by atomic mass is 14.6. The van der Waals surface area contributed by atoms with Crippen molar-refractivity contribution in [2.24, 2.45) is 11.7 Å². The van der Waals surface area contributed by atoms with E-state index in [1.54, 1.807) is 0 Å². The second kappa shape index (κ2) is 22.5. The first-order valence-corrected chi connectivity index (χ1v) is 5.43. The maximum Gasteiger partial charge on any atom is 0.0765 e. The predicted molar refractivity (Wildman–Crippen MR) is 63.3 cm³/mol. The van der Waals surface area contributed by atoms with Crippen molar-refractivity contribution in [2.45, 2.75) is 60.3 Å². The van der Waals surface area contributed by atoms with Crippen LogP contribution in [0, 0.1) is 11.3 Å². The quantitative estimate of drug-likeness (QED) is 0.511. The normalized spacial score (nSPS) is 9.92. The SMILES string of the molecule is CC.CCCCC(C)CC.N=CN. The minimum Gasteiger partial charge on any atom is -0.390 e. The molecule has 0 bridgehead atoms. The lowest BCUT2D eigenvalue weighted by molar-refractivity contribution is 0.492. The van der Waals surface area contributed by atoms with E-state index >= 15 is 0 Å². The molecular formula is C11H28N2. The maximum atomic E-state index is 5.86. The van der Waals surface area contributed by atoms with Gasteiger partial charge in [-0.2, -0.15) is 0 Å². The molecule has 13 heavy (non-hydrogen) atoms. The lowest BCUT2D eigenvalue weighted by Gasteiger charge is -2.04. The summed E-state index contributed by atoms with van der Waals surface area (Å²) in [6.45, 7) is 10.8. The van der Waals surface area contributed by atoms with E-state index < -0.39 is 0 Å².